The van der Waals surface area contributed by atoms with Gasteiger partial charge in [0.2, 0.25) is 53.2 Å². The van der Waals surface area contributed by atoms with Gasteiger partial charge in [-0.2, -0.15) is 0 Å². The second kappa shape index (κ2) is 47.3. The average molecular weight is 1610 g/mol. The Labute approximate surface area is 663 Å². The van der Waals surface area contributed by atoms with E-state index < -0.39 is 189 Å². The summed E-state index contributed by atoms with van der Waals surface area (Å²) in [5, 5.41) is 114. The maximum Gasteiger partial charge on any atom is 0.328 e. The van der Waals surface area contributed by atoms with Crippen LogP contribution in [0.3, 0.4) is 0 Å². The van der Waals surface area contributed by atoms with Crippen molar-refractivity contribution in [3.63, 3.8) is 0 Å². The molecule has 1 aliphatic heterocycles. The molecule has 2 aliphatic rings. The molecular weight excluding hydrogens is 1500 g/mol. The molecule has 1 aliphatic carbocycles. The molecule has 9 atom stereocenters. The molecule has 3 aromatic carbocycles. The predicted octanol–water partition coefficient (Wildman–Crippen LogP) is -3.44. The lowest BCUT2D eigenvalue weighted by Gasteiger charge is -2.33. The minimum atomic E-state index is -1.90. The Morgan fingerprint density at radius 3 is 1.38 bits per heavy atom. The van der Waals surface area contributed by atoms with E-state index in [9.17, 15) is 108 Å². The number of para-hydroxylation sites is 1. The van der Waals surface area contributed by atoms with Crippen molar-refractivity contribution in [1.82, 2.24) is 77.8 Å². The van der Waals surface area contributed by atoms with Gasteiger partial charge in [0.1, 0.15) is 60.1 Å². The summed E-state index contributed by atoms with van der Waals surface area (Å²) in [4.78, 5) is 201. The first kappa shape index (κ1) is 92.5. The summed E-state index contributed by atoms with van der Waals surface area (Å²) in [6.07, 6.45) is 3.04. The molecule has 39 nitrogen and oxygen atoms in total. The molecule has 1 saturated heterocycles. The first-order valence-electron chi connectivity index (χ1n) is 38.1. The Morgan fingerprint density at radius 2 is 0.887 bits per heavy atom. The van der Waals surface area contributed by atoms with E-state index in [1.165, 1.54) is 34.1 Å². The number of phenolic OH excluding ortho intramolecular Hbond substituents is 1. The monoisotopic (exact) mass is 1610 g/mol. The van der Waals surface area contributed by atoms with Crippen molar-refractivity contribution in [2.75, 3.05) is 98.3 Å². The van der Waals surface area contributed by atoms with Crippen molar-refractivity contribution in [2.45, 2.75) is 152 Å². The predicted molar refractivity (Wildman–Crippen MR) is 414 cm³/mol. The van der Waals surface area contributed by atoms with Crippen LogP contribution < -0.4 is 58.9 Å². The third kappa shape index (κ3) is 32.9. The SMILES string of the molecule is CC(C)C[C@@H](NC(=O)[C@H](Cc1ccc(O)cc1)NC(=O)C(CCCNC(=N)N)NC(=O)C(CO)NC(=O)C(Cc1ccccc1)NC(=O)[C@H](CC1CCCCC1)NC(=O)[C@@H](CC(=O)O)NC(=O)CN1CCN(CC(=O)O)CCN(CC(=O)O)CCN(CC(=O)O)CC1)C(=O)N[C@@H](Cc1c[nH]c2ccccc12)C(=O)N[C@@H](CO)C(=O)O. The number of carbonyl (C=O) groups is 14. The lowest BCUT2D eigenvalue weighted by Crippen LogP contribution is -2.61. The first-order valence-corrected chi connectivity index (χ1v) is 38.1. The highest BCUT2D eigenvalue weighted by Gasteiger charge is 2.38. The van der Waals surface area contributed by atoms with E-state index in [1.54, 1.807) is 84.4 Å². The maximum absolute atomic E-state index is 15.0. The van der Waals surface area contributed by atoms with E-state index in [0.29, 0.717) is 40.4 Å². The van der Waals surface area contributed by atoms with E-state index >= 15 is 0 Å². The number of carboxylic acids is 5. The molecule has 2 heterocycles. The molecule has 0 spiro atoms. The number of aromatic hydroxyl groups is 1. The van der Waals surface area contributed by atoms with Gasteiger partial charge in [0.15, 0.2) is 5.96 Å². The second-order valence-corrected chi connectivity index (χ2v) is 29.2. The van der Waals surface area contributed by atoms with Crippen LogP contribution in [0.4, 0.5) is 0 Å². The molecule has 0 bridgehead atoms. The number of aliphatic hydroxyl groups is 2. The van der Waals surface area contributed by atoms with E-state index in [4.69, 9.17) is 11.1 Å². The van der Waals surface area contributed by atoms with Gasteiger partial charge in [-0.1, -0.05) is 107 Å². The van der Waals surface area contributed by atoms with Crippen LogP contribution in [0.15, 0.2) is 85.1 Å². The lowest BCUT2D eigenvalue weighted by atomic mass is 9.84. The standard InChI is InChI=1S/C76H109N17O22/c1-45(2)32-54(68(107)87-58(72(111)89-61(44-95)75(114)115)36-49-38-80-52-17-10-9-16-51(49)52)83-69(108)57(35-48-19-21-50(96)22-20-48)84-67(106)53(18-11-23-79-76(77)78)82-74(113)60(43-94)88-71(110)56(34-47-14-7-4-8-15-47)85-70(109)55(33-46-12-5-3-6-13-46)86-73(112)59(37-63(98)99)81-62(97)39-90-24-26-91(40-64(100)101)28-30-93(42-66(104)105)31-29-92(27-25-90)41-65(102)103/h4,7-10,14-17,19-22,38,45-46,53-61,80,94-96H,3,5-6,11-13,18,23-37,39-44H2,1-2H3,(H,81,97)(H,82,113)(H,83,108)(H,84,106)(H,85,109)(H,86,112)(H,87,107)(H,88,110)(H,89,111)(H,98,99)(H,100,101)(H,102,103)(H,104,105)(H,114,115)(H4,77,78,79)/t53?,54-,55+,56?,57+,58+,59-,60?,61+/m1/s1. The Balaban J connectivity index is 1.24. The van der Waals surface area contributed by atoms with Crippen molar-refractivity contribution >= 4 is 99.9 Å². The summed E-state index contributed by atoms with van der Waals surface area (Å²) in [6, 6.07) is 5.97. The number of nitrogens with one attached hydrogen (secondary N) is 12. The topological polar surface area (TPSA) is 600 Å². The molecule has 3 unspecified atom stereocenters. The number of rotatable bonds is 44. The number of fused-ring (bicyclic) bond motifs is 1. The number of aliphatic hydroxyl groups excluding tert-OH is 2. The maximum atomic E-state index is 15.0. The largest absolute Gasteiger partial charge is 0.508 e. The summed E-state index contributed by atoms with van der Waals surface area (Å²) in [5.74, 6) is -16.8. The molecule has 1 saturated carbocycles. The number of nitrogens with two attached hydrogens (primary N) is 1. The smallest absolute Gasteiger partial charge is 0.328 e. The van der Waals surface area contributed by atoms with Gasteiger partial charge in [0, 0.05) is 95.3 Å². The molecule has 39 heteroatoms. The van der Waals surface area contributed by atoms with Gasteiger partial charge in [0.25, 0.3) is 0 Å². The highest BCUT2D eigenvalue weighted by Crippen LogP contribution is 2.28. The second-order valence-electron chi connectivity index (χ2n) is 29.2. The number of benzene rings is 3. The molecule has 630 valence electrons. The van der Waals surface area contributed by atoms with E-state index in [2.05, 4.69) is 58.2 Å². The van der Waals surface area contributed by atoms with E-state index in [1.807, 2.05) is 0 Å². The lowest BCUT2D eigenvalue weighted by molar-refractivity contribution is -0.143. The summed E-state index contributed by atoms with van der Waals surface area (Å²) < 4.78 is 0. The summed E-state index contributed by atoms with van der Waals surface area (Å²) >= 11 is 0. The molecule has 6 rings (SSSR count). The molecule has 4 aromatic rings. The molecule has 9 amide bonds. The zero-order chi connectivity index (χ0) is 84.3. The minimum absolute atomic E-state index is 0.00266. The van der Waals surface area contributed by atoms with Crippen molar-refractivity contribution in [3.05, 3.63) is 102 Å². The number of hydrogen-bond donors (Lipinski definition) is 21. The molecule has 115 heavy (non-hydrogen) atoms. The van der Waals surface area contributed by atoms with Crippen LogP contribution in [0.5, 0.6) is 5.75 Å². The first-order chi connectivity index (χ1) is 54.7. The molecular formula is C76H109N17O22. The van der Waals surface area contributed by atoms with Crippen LogP contribution in [0, 0.1) is 17.2 Å². The summed E-state index contributed by atoms with van der Waals surface area (Å²) in [5.41, 5.74) is 7.61. The Morgan fingerprint density at radius 1 is 0.470 bits per heavy atom. The molecule has 22 N–H and O–H groups in total. The highest BCUT2D eigenvalue weighted by atomic mass is 16.4. The van der Waals surface area contributed by atoms with Crippen LogP contribution >= 0.6 is 0 Å². The molecule has 2 fully saturated rings. The van der Waals surface area contributed by atoms with Crippen LogP contribution in [-0.4, -0.2) is 307 Å². The number of amides is 9. The number of aromatic amines is 1. The zero-order valence-corrected chi connectivity index (χ0v) is 64.4. The van der Waals surface area contributed by atoms with Gasteiger partial charge in [-0.15, -0.1) is 0 Å². The van der Waals surface area contributed by atoms with Crippen LogP contribution in [0.1, 0.15) is 94.7 Å². The van der Waals surface area contributed by atoms with Crippen LogP contribution in [-0.2, 0) is 86.4 Å². The van der Waals surface area contributed by atoms with E-state index in [0.717, 1.165) is 19.3 Å². The number of phenols is 1. The number of aromatic nitrogens is 1. The number of carboxylic acid groups (broad SMARTS) is 5. The van der Waals surface area contributed by atoms with Crippen molar-refractivity contribution in [2.24, 2.45) is 17.6 Å². The fourth-order valence-electron chi connectivity index (χ4n) is 13.5. The quantitative estimate of drug-likeness (QED) is 0.0116. The fourth-order valence-corrected chi connectivity index (χ4v) is 13.5. The van der Waals surface area contributed by atoms with Crippen molar-refractivity contribution in [1.29, 1.82) is 5.41 Å². The Bertz CT molecular complexity index is 3930. The van der Waals surface area contributed by atoms with Crippen molar-refractivity contribution < 1.29 is 108 Å². The normalized spacial score (nSPS) is 16.6. The highest BCUT2D eigenvalue weighted by molar-refractivity contribution is 5.99. The average Bonchev–Trinajstić information content (AvgIpc) is 1.72. The van der Waals surface area contributed by atoms with E-state index in [-0.39, 0.29) is 121 Å². The number of nitrogens with zero attached hydrogens (tertiary/aromatic N) is 4. The van der Waals surface area contributed by atoms with Gasteiger partial charge in [-0.25, -0.2) is 4.79 Å². The minimum Gasteiger partial charge on any atom is -0.508 e. The number of aliphatic carboxylic acids is 5. The number of H-pyrrole nitrogens is 1. The summed E-state index contributed by atoms with van der Waals surface area (Å²) in [6.45, 7) is -0.135. The third-order valence-electron chi connectivity index (χ3n) is 19.6. The molecule has 0 radical (unpaired) electrons. The summed E-state index contributed by atoms with van der Waals surface area (Å²) in [7, 11) is 0. The number of carbonyl (C=O) groups excluding carboxylic acids is 9. The number of hydrogen-bond acceptors (Lipinski definition) is 22. The van der Waals surface area contributed by atoms with Gasteiger partial charge < -0.3 is 105 Å². The van der Waals surface area contributed by atoms with Gasteiger partial charge in [-0.05, 0) is 72.4 Å². The fraction of sp³-hybridized carbons (Fsp3) is 0.539. The molecule has 1 aromatic heterocycles. The third-order valence-corrected chi connectivity index (χ3v) is 19.6. The van der Waals surface area contributed by atoms with Gasteiger partial charge in [0.05, 0.1) is 45.8 Å². The van der Waals surface area contributed by atoms with Gasteiger partial charge >= 0.3 is 29.8 Å². The van der Waals surface area contributed by atoms with Gasteiger partial charge in [-0.3, -0.25) is 87.3 Å². The Hall–Kier alpha value is -11.4. The van der Waals surface area contributed by atoms with Crippen LogP contribution in [0.2, 0.25) is 0 Å². The zero-order valence-electron chi connectivity index (χ0n) is 64.4. The van der Waals surface area contributed by atoms with Crippen molar-refractivity contribution in [3.8, 4) is 5.75 Å². The Kier molecular flexibility index (Phi) is 38.1. The number of guanidine groups is 1. The van der Waals surface area contributed by atoms with Crippen LogP contribution in [0.25, 0.3) is 10.9 Å².